The number of rotatable bonds is 5. The fourth-order valence-electron chi connectivity index (χ4n) is 3.63. The first-order valence-electron chi connectivity index (χ1n) is 10.1. The maximum Gasteiger partial charge on any atom is 0.337 e. The van der Waals surface area contributed by atoms with E-state index in [-0.39, 0.29) is 5.56 Å². The SMILES string of the molecule is Cc1cc(C(=O)O)c2nc(-c3ccc(-c4ccc(Oc5ccccn5)cc4)cc3)[nH]c2c1. The Morgan fingerprint density at radius 1 is 0.906 bits per heavy atom. The molecular formula is C26H19N3O3. The highest BCUT2D eigenvalue weighted by atomic mass is 16.5. The van der Waals surface area contributed by atoms with E-state index in [1.165, 1.54) is 0 Å². The van der Waals surface area contributed by atoms with E-state index < -0.39 is 5.97 Å². The molecule has 32 heavy (non-hydrogen) atoms. The number of carboxylic acid groups (broad SMARTS) is 1. The minimum absolute atomic E-state index is 0.201. The number of ether oxygens (including phenoxy) is 1. The summed E-state index contributed by atoms with van der Waals surface area (Å²) >= 11 is 0. The monoisotopic (exact) mass is 421 g/mol. The number of pyridine rings is 1. The van der Waals surface area contributed by atoms with Gasteiger partial charge in [-0.15, -0.1) is 0 Å². The molecule has 5 aromatic rings. The molecule has 0 radical (unpaired) electrons. The Balaban J connectivity index is 1.39. The van der Waals surface area contributed by atoms with Crippen LogP contribution in [0.5, 0.6) is 11.6 Å². The lowest BCUT2D eigenvalue weighted by atomic mass is 10.0. The summed E-state index contributed by atoms with van der Waals surface area (Å²) in [7, 11) is 0. The van der Waals surface area contributed by atoms with Gasteiger partial charge in [0.1, 0.15) is 17.1 Å². The molecule has 2 heterocycles. The molecule has 0 amide bonds. The lowest BCUT2D eigenvalue weighted by molar-refractivity contribution is 0.0698. The van der Waals surface area contributed by atoms with Gasteiger partial charge in [0.25, 0.3) is 0 Å². The highest BCUT2D eigenvalue weighted by Gasteiger charge is 2.14. The van der Waals surface area contributed by atoms with Crippen molar-refractivity contribution in [2.75, 3.05) is 0 Å². The predicted octanol–water partition coefficient (Wildman–Crippen LogP) is 6.09. The third kappa shape index (κ3) is 3.81. The van der Waals surface area contributed by atoms with Crippen molar-refractivity contribution in [2.24, 2.45) is 0 Å². The van der Waals surface area contributed by atoms with Gasteiger partial charge in [-0.05, 0) is 53.9 Å². The molecule has 0 aliphatic carbocycles. The zero-order valence-electron chi connectivity index (χ0n) is 17.2. The normalized spacial score (nSPS) is 10.9. The van der Waals surface area contributed by atoms with Crippen molar-refractivity contribution < 1.29 is 14.6 Å². The Morgan fingerprint density at radius 2 is 1.59 bits per heavy atom. The average molecular weight is 421 g/mol. The topological polar surface area (TPSA) is 88.1 Å². The first-order chi connectivity index (χ1) is 15.6. The van der Waals surface area contributed by atoms with Crippen LogP contribution in [-0.4, -0.2) is 26.0 Å². The lowest BCUT2D eigenvalue weighted by Crippen LogP contribution is -1.98. The molecule has 0 saturated heterocycles. The Labute approximate surface area is 184 Å². The molecule has 0 saturated carbocycles. The zero-order chi connectivity index (χ0) is 22.1. The van der Waals surface area contributed by atoms with Gasteiger partial charge in [-0.25, -0.2) is 14.8 Å². The maximum atomic E-state index is 11.6. The number of H-pyrrole nitrogens is 1. The smallest absolute Gasteiger partial charge is 0.337 e. The van der Waals surface area contributed by atoms with Gasteiger partial charge in [-0.3, -0.25) is 0 Å². The van der Waals surface area contributed by atoms with Crippen molar-refractivity contribution in [3.05, 3.63) is 96.2 Å². The minimum atomic E-state index is -0.984. The first-order valence-corrected chi connectivity index (χ1v) is 10.1. The molecule has 0 fully saturated rings. The number of carboxylic acids is 1. The van der Waals surface area contributed by atoms with Crippen molar-refractivity contribution in [1.82, 2.24) is 15.0 Å². The summed E-state index contributed by atoms with van der Waals surface area (Å²) in [5.41, 5.74) is 5.24. The summed E-state index contributed by atoms with van der Waals surface area (Å²) in [4.78, 5) is 23.5. The van der Waals surface area contributed by atoms with Crippen LogP contribution in [0.1, 0.15) is 15.9 Å². The van der Waals surface area contributed by atoms with Crippen molar-refractivity contribution in [3.63, 3.8) is 0 Å². The number of fused-ring (bicyclic) bond motifs is 1. The van der Waals surface area contributed by atoms with Crippen LogP contribution in [0.15, 0.2) is 85.1 Å². The molecule has 0 atom stereocenters. The molecule has 6 nitrogen and oxygen atoms in total. The van der Waals surface area contributed by atoms with Gasteiger partial charge in [-0.1, -0.05) is 42.5 Å². The highest BCUT2D eigenvalue weighted by Crippen LogP contribution is 2.28. The Kier molecular flexibility index (Phi) is 4.88. The number of nitrogens with one attached hydrogen (secondary N) is 1. The number of aromatic nitrogens is 3. The number of carbonyl (C=O) groups is 1. The van der Waals surface area contributed by atoms with Crippen LogP contribution >= 0.6 is 0 Å². The van der Waals surface area contributed by atoms with Crippen molar-refractivity contribution in [3.8, 4) is 34.1 Å². The Hall–Kier alpha value is -4.45. The lowest BCUT2D eigenvalue weighted by Gasteiger charge is -2.07. The number of benzene rings is 3. The van der Waals surface area contributed by atoms with Crippen LogP contribution in [0.2, 0.25) is 0 Å². The summed E-state index contributed by atoms with van der Waals surface area (Å²) in [6.07, 6.45) is 1.69. The molecule has 3 aromatic carbocycles. The molecule has 0 unspecified atom stereocenters. The van der Waals surface area contributed by atoms with E-state index >= 15 is 0 Å². The van der Waals surface area contributed by atoms with E-state index in [9.17, 15) is 9.90 Å². The van der Waals surface area contributed by atoms with Gasteiger partial charge in [0.05, 0.1) is 11.1 Å². The first kappa shape index (κ1) is 19.5. The van der Waals surface area contributed by atoms with E-state index in [0.29, 0.717) is 22.7 Å². The second kappa shape index (κ2) is 8.00. The van der Waals surface area contributed by atoms with Gasteiger partial charge in [0.15, 0.2) is 0 Å². The van der Waals surface area contributed by atoms with Gasteiger partial charge < -0.3 is 14.8 Å². The largest absolute Gasteiger partial charge is 0.478 e. The summed E-state index contributed by atoms with van der Waals surface area (Å²) in [6, 6.07) is 24.9. The predicted molar refractivity (Wildman–Crippen MR) is 123 cm³/mol. The fourth-order valence-corrected chi connectivity index (χ4v) is 3.63. The summed E-state index contributed by atoms with van der Waals surface area (Å²) in [5.74, 6) is 0.925. The van der Waals surface area contributed by atoms with E-state index in [4.69, 9.17) is 4.74 Å². The molecule has 0 spiro atoms. The van der Waals surface area contributed by atoms with Gasteiger partial charge >= 0.3 is 5.97 Å². The molecule has 6 heteroatoms. The number of hydrogen-bond acceptors (Lipinski definition) is 4. The molecule has 0 bridgehead atoms. The van der Waals surface area contributed by atoms with E-state index in [1.807, 2.05) is 79.7 Å². The van der Waals surface area contributed by atoms with Gasteiger partial charge in [0.2, 0.25) is 5.88 Å². The van der Waals surface area contributed by atoms with E-state index in [1.54, 1.807) is 12.3 Å². The molecule has 0 aliphatic heterocycles. The molecule has 2 N–H and O–H groups in total. The van der Waals surface area contributed by atoms with Gasteiger partial charge in [0, 0.05) is 17.8 Å². The molecule has 0 aliphatic rings. The highest BCUT2D eigenvalue weighted by molar-refractivity contribution is 6.02. The molecule has 156 valence electrons. The zero-order valence-corrected chi connectivity index (χ0v) is 17.2. The maximum absolute atomic E-state index is 11.6. The standard InChI is InChI=1S/C26H19N3O3/c1-16-14-21(26(30)31)24-22(15-16)28-25(29-24)19-7-5-17(6-8-19)18-9-11-20(12-10-18)32-23-4-2-3-13-27-23/h2-15H,1H3,(H,28,29)(H,30,31). The van der Waals surface area contributed by atoms with E-state index in [0.717, 1.165) is 28.0 Å². The Bertz CT molecular complexity index is 1410. The number of nitrogens with zero attached hydrogens (tertiary/aromatic N) is 2. The molecule has 5 rings (SSSR count). The van der Waals surface area contributed by atoms with Crippen LogP contribution in [0, 0.1) is 6.92 Å². The molecule has 2 aromatic heterocycles. The number of aryl methyl sites for hydroxylation is 1. The third-order valence-corrected chi connectivity index (χ3v) is 5.17. The fraction of sp³-hybridized carbons (Fsp3) is 0.0385. The number of imidazole rings is 1. The van der Waals surface area contributed by atoms with Crippen molar-refractivity contribution >= 4 is 17.0 Å². The van der Waals surface area contributed by atoms with Crippen LogP contribution in [0.4, 0.5) is 0 Å². The van der Waals surface area contributed by atoms with E-state index in [2.05, 4.69) is 15.0 Å². The van der Waals surface area contributed by atoms with Crippen LogP contribution in [0.3, 0.4) is 0 Å². The summed E-state index contributed by atoms with van der Waals surface area (Å²) in [6.45, 7) is 1.87. The minimum Gasteiger partial charge on any atom is -0.478 e. The van der Waals surface area contributed by atoms with Crippen molar-refractivity contribution in [2.45, 2.75) is 6.92 Å². The average Bonchev–Trinajstić information content (AvgIpc) is 3.23. The van der Waals surface area contributed by atoms with Crippen molar-refractivity contribution in [1.29, 1.82) is 0 Å². The summed E-state index contributed by atoms with van der Waals surface area (Å²) in [5, 5.41) is 9.49. The third-order valence-electron chi connectivity index (χ3n) is 5.17. The number of aromatic amines is 1. The summed E-state index contributed by atoms with van der Waals surface area (Å²) < 4.78 is 5.74. The number of aromatic carboxylic acids is 1. The molecular weight excluding hydrogens is 402 g/mol. The second-order valence-electron chi connectivity index (χ2n) is 7.47. The van der Waals surface area contributed by atoms with Crippen LogP contribution < -0.4 is 4.74 Å². The quantitative estimate of drug-likeness (QED) is 0.358. The van der Waals surface area contributed by atoms with Crippen LogP contribution in [-0.2, 0) is 0 Å². The van der Waals surface area contributed by atoms with Crippen LogP contribution in [0.25, 0.3) is 33.5 Å². The second-order valence-corrected chi connectivity index (χ2v) is 7.47. The Morgan fingerprint density at radius 3 is 2.25 bits per heavy atom. The number of hydrogen-bond donors (Lipinski definition) is 2. The van der Waals surface area contributed by atoms with Gasteiger partial charge in [-0.2, -0.15) is 0 Å².